The van der Waals surface area contributed by atoms with E-state index in [0.29, 0.717) is 4.20 Å². The van der Waals surface area contributed by atoms with Crippen molar-refractivity contribution in [1.82, 2.24) is 0 Å². The Kier molecular flexibility index (Phi) is 4.02. The molecule has 1 atom stereocenters. The van der Waals surface area contributed by atoms with Gasteiger partial charge in [-0.15, -0.1) is 12.6 Å². The zero-order chi connectivity index (χ0) is 7.78. The van der Waals surface area contributed by atoms with E-state index in [4.69, 9.17) is 12.2 Å². The first-order valence-electron chi connectivity index (χ1n) is 2.90. The summed E-state index contributed by atoms with van der Waals surface area (Å²) >= 11 is 8.99. The van der Waals surface area contributed by atoms with E-state index in [1.165, 1.54) is 0 Å². The van der Waals surface area contributed by atoms with Crippen LogP contribution in [0.1, 0.15) is 13.8 Å². The van der Waals surface area contributed by atoms with E-state index < -0.39 is 5.54 Å². The number of hydrogen-bond donors (Lipinski definition) is 1. The fourth-order valence-corrected chi connectivity index (χ4v) is 1.07. The summed E-state index contributed by atoms with van der Waals surface area (Å²) in [6.45, 7) is 3.85. The van der Waals surface area contributed by atoms with Gasteiger partial charge in [0.15, 0.2) is 0 Å². The summed E-state index contributed by atoms with van der Waals surface area (Å²) in [5.74, 6) is 0. The number of thiocarbonyl (C=S) groups is 1. The summed E-state index contributed by atoms with van der Waals surface area (Å²) in [6.07, 6.45) is 1.71. The second-order valence-corrected chi connectivity index (χ2v) is 3.56. The molecule has 11 heavy (non-hydrogen) atoms. The summed E-state index contributed by atoms with van der Waals surface area (Å²) in [6, 6.07) is 0. The van der Waals surface area contributed by atoms with Gasteiger partial charge in [0.05, 0.1) is 10.4 Å². The van der Waals surface area contributed by atoms with Crippen LogP contribution in [-0.2, 0) is 19.5 Å². The molecule has 0 saturated heterocycles. The third kappa shape index (κ3) is 1.95. The molecule has 0 amide bonds. The second kappa shape index (κ2) is 3.88. The van der Waals surface area contributed by atoms with E-state index in [-0.39, 0.29) is 19.5 Å². The molecule has 0 aromatic heterocycles. The summed E-state index contributed by atoms with van der Waals surface area (Å²) in [4.78, 5) is 0. The predicted molar refractivity (Wildman–Crippen MR) is 48.6 cm³/mol. The van der Waals surface area contributed by atoms with E-state index in [1.54, 1.807) is 6.20 Å². The molecule has 0 bridgehead atoms. The number of azo groups is 1. The summed E-state index contributed by atoms with van der Waals surface area (Å²) in [5, 5.41) is 7.73. The van der Waals surface area contributed by atoms with Crippen LogP contribution in [0.4, 0.5) is 0 Å². The molecule has 1 aliphatic rings. The Morgan fingerprint density at radius 1 is 1.73 bits per heavy atom. The van der Waals surface area contributed by atoms with Crippen LogP contribution >= 0.6 is 24.8 Å². The standard InChI is InChI=1S/C6H8N2S2.Zn/c1-4-3-7-8-6(4,2)5(9)10;/h3H,1-2H3,(H,9,10);. The first-order chi connectivity index (χ1) is 4.57. The van der Waals surface area contributed by atoms with Crippen LogP contribution in [0.3, 0.4) is 0 Å². The van der Waals surface area contributed by atoms with Gasteiger partial charge in [-0.3, -0.25) is 0 Å². The Labute approximate surface area is 89.7 Å². The molecular formula is C6H8N2S2Zn. The number of hydrogen-bond acceptors (Lipinski definition) is 3. The maximum absolute atomic E-state index is 4.92. The summed E-state index contributed by atoms with van der Waals surface area (Å²) < 4.78 is 0.572. The minimum absolute atomic E-state index is 0. The molecular weight excluding hydrogens is 230 g/mol. The van der Waals surface area contributed by atoms with E-state index >= 15 is 0 Å². The molecule has 0 spiro atoms. The molecule has 2 nitrogen and oxygen atoms in total. The molecule has 0 fully saturated rings. The maximum atomic E-state index is 4.92. The van der Waals surface area contributed by atoms with Gasteiger partial charge in [-0.2, -0.15) is 10.2 Å². The summed E-state index contributed by atoms with van der Waals surface area (Å²) in [5.41, 5.74) is 0.617. The molecule has 1 heterocycles. The third-order valence-corrected chi connectivity index (χ3v) is 2.53. The smallest absolute Gasteiger partial charge is 0.142 e. The van der Waals surface area contributed by atoms with Crippen molar-refractivity contribution >= 4 is 29.0 Å². The van der Waals surface area contributed by atoms with Crippen LogP contribution in [0.2, 0.25) is 0 Å². The number of rotatable bonds is 1. The fraction of sp³-hybridized carbons (Fsp3) is 0.500. The zero-order valence-corrected chi connectivity index (χ0v) is 11.2. The Morgan fingerprint density at radius 3 is 2.45 bits per heavy atom. The fourth-order valence-electron chi connectivity index (χ4n) is 0.647. The Bertz CT molecular complexity index is 237. The molecule has 1 aliphatic heterocycles. The van der Waals surface area contributed by atoms with Gasteiger partial charge in [-0.25, -0.2) is 0 Å². The number of thiol groups is 1. The minimum Gasteiger partial charge on any atom is -0.172 e. The molecule has 0 N–H and O–H groups in total. The van der Waals surface area contributed by atoms with Crippen molar-refractivity contribution in [2.75, 3.05) is 0 Å². The van der Waals surface area contributed by atoms with Gasteiger partial charge in [0.2, 0.25) is 0 Å². The van der Waals surface area contributed by atoms with Gasteiger partial charge in [0, 0.05) is 19.5 Å². The van der Waals surface area contributed by atoms with Crippen LogP contribution in [0.25, 0.3) is 0 Å². The molecule has 0 aromatic carbocycles. The molecule has 1 rings (SSSR count). The second-order valence-electron chi connectivity index (χ2n) is 2.40. The van der Waals surface area contributed by atoms with Crippen molar-refractivity contribution in [3.8, 4) is 0 Å². The van der Waals surface area contributed by atoms with Crippen LogP contribution in [0.5, 0.6) is 0 Å². The van der Waals surface area contributed by atoms with Crippen LogP contribution in [0, 0.1) is 0 Å². The van der Waals surface area contributed by atoms with E-state index in [1.807, 2.05) is 13.8 Å². The zero-order valence-electron chi connectivity index (χ0n) is 6.53. The van der Waals surface area contributed by atoms with Crippen LogP contribution < -0.4 is 0 Å². The Balaban J connectivity index is 0.000001000. The van der Waals surface area contributed by atoms with Gasteiger partial charge in [-0.05, 0) is 19.4 Å². The van der Waals surface area contributed by atoms with Crippen molar-refractivity contribution in [3.05, 3.63) is 11.8 Å². The first-order valence-corrected chi connectivity index (χ1v) is 3.75. The van der Waals surface area contributed by atoms with E-state index in [2.05, 4.69) is 22.9 Å². The molecule has 1 unspecified atom stereocenters. The molecule has 56 valence electrons. The van der Waals surface area contributed by atoms with Gasteiger partial charge in [0.25, 0.3) is 0 Å². The van der Waals surface area contributed by atoms with Crippen molar-refractivity contribution in [2.45, 2.75) is 19.4 Å². The number of nitrogens with zero attached hydrogens (tertiary/aromatic N) is 2. The quantitative estimate of drug-likeness (QED) is 0.423. The monoisotopic (exact) mass is 236 g/mol. The van der Waals surface area contributed by atoms with Crippen molar-refractivity contribution in [2.24, 2.45) is 10.2 Å². The predicted octanol–water partition coefficient (Wildman–Crippen LogP) is 2.37. The minimum atomic E-state index is -0.432. The SMILES string of the molecule is CC1=CN=NC1(C)C(=S)S.[Zn]. The van der Waals surface area contributed by atoms with Crippen molar-refractivity contribution in [3.63, 3.8) is 0 Å². The topological polar surface area (TPSA) is 24.7 Å². The third-order valence-electron chi connectivity index (χ3n) is 1.69. The average Bonchev–Trinajstić information content (AvgIpc) is 2.15. The van der Waals surface area contributed by atoms with Gasteiger partial charge in [-0.1, -0.05) is 12.2 Å². The molecule has 0 aromatic rings. The maximum Gasteiger partial charge on any atom is 0.142 e. The van der Waals surface area contributed by atoms with Crippen molar-refractivity contribution < 1.29 is 19.5 Å². The molecule has 0 saturated carbocycles. The van der Waals surface area contributed by atoms with Gasteiger partial charge in [0.1, 0.15) is 5.54 Å². The van der Waals surface area contributed by atoms with Gasteiger partial charge >= 0.3 is 0 Å². The van der Waals surface area contributed by atoms with Crippen LogP contribution in [0.15, 0.2) is 22.0 Å². The normalized spacial score (nSPS) is 27.7. The van der Waals surface area contributed by atoms with Crippen LogP contribution in [-0.4, -0.2) is 9.74 Å². The van der Waals surface area contributed by atoms with E-state index in [0.717, 1.165) is 5.57 Å². The summed E-state index contributed by atoms with van der Waals surface area (Å²) in [7, 11) is 0. The molecule has 0 aliphatic carbocycles. The average molecular weight is 238 g/mol. The first kappa shape index (κ1) is 11.4. The van der Waals surface area contributed by atoms with Crippen molar-refractivity contribution in [1.29, 1.82) is 0 Å². The largest absolute Gasteiger partial charge is 0.172 e. The van der Waals surface area contributed by atoms with Gasteiger partial charge < -0.3 is 0 Å². The Morgan fingerprint density at radius 2 is 2.27 bits per heavy atom. The molecule has 5 heteroatoms. The Hall–Kier alpha value is 0.403. The molecule has 0 radical (unpaired) electrons. The van der Waals surface area contributed by atoms with E-state index in [9.17, 15) is 0 Å².